The first-order chi connectivity index (χ1) is 13.7. The summed E-state index contributed by atoms with van der Waals surface area (Å²) in [6, 6.07) is 9.46. The summed E-state index contributed by atoms with van der Waals surface area (Å²) in [6.07, 6.45) is 0. The molecule has 1 unspecified atom stereocenters. The van der Waals surface area contributed by atoms with Crippen molar-refractivity contribution in [1.29, 1.82) is 0 Å². The van der Waals surface area contributed by atoms with E-state index in [1.165, 1.54) is 18.1 Å². The van der Waals surface area contributed by atoms with Crippen LogP contribution in [0.5, 0.6) is 5.75 Å². The summed E-state index contributed by atoms with van der Waals surface area (Å²) >= 11 is 1.76. The van der Waals surface area contributed by atoms with Gasteiger partial charge in [0.25, 0.3) is 0 Å². The predicted molar refractivity (Wildman–Crippen MR) is 111 cm³/mol. The van der Waals surface area contributed by atoms with Crippen LogP contribution in [0.15, 0.2) is 40.7 Å². The average Bonchev–Trinajstić information content (AvgIpc) is 3.26. The van der Waals surface area contributed by atoms with E-state index in [0.29, 0.717) is 12.5 Å². The zero-order chi connectivity index (χ0) is 19.8. The highest BCUT2D eigenvalue weighted by atomic mass is 32.1. The van der Waals surface area contributed by atoms with Crippen molar-refractivity contribution in [3.63, 3.8) is 0 Å². The number of hydrogen-bond donors (Lipinski definition) is 2. The minimum Gasteiger partial charge on any atom is -0.494 e. The molecule has 0 saturated carbocycles. The van der Waals surface area contributed by atoms with Gasteiger partial charge < -0.3 is 20.1 Å². The molecule has 0 radical (unpaired) electrons. The lowest BCUT2D eigenvalue weighted by molar-refractivity contribution is 0.0177. The number of benzene rings is 1. The van der Waals surface area contributed by atoms with Crippen LogP contribution in [-0.4, -0.2) is 57.9 Å². The second kappa shape index (κ2) is 10.4. The number of thiophene rings is 1. The lowest BCUT2D eigenvalue weighted by Gasteiger charge is -2.34. The van der Waals surface area contributed by atoms with Gasteiger partial charge in [0.1, 0.15) is 0 Å². The van der Waals surface area contributed by atoms with E-state index in [0.717, 1.165) is 38.4 Å². The van der Waals surface area contributed by atoms with Gasteiger partial charge in [-0.15, -0.1) is 11.3 Å². The fourth-order valence-electron chi connectivity index (χ4n) is 3.20. The summed E-state index contributed by atoms with van der Waals surface area (Å²) in [7, 11) is 3.19. The smallest absolute Gasteiger partial charge is 0.191 e. The molecule has 0 spiro atoms. The Balaban J connectivity index is 1.57. The third-order valence-corrected chi connectivity index (χ3v) is 5.69. The molecule has 1 saturated heterocycles. The summed E-state index contributed by atoms with van der Waals surface area (Å²) in [4.78, 5) is 8.05. The van der Waals surface area contributed by atoms with E-state index in [9.17, 15) is 4.39 Å². The largest absolute Gasteiger partial charge is 0.494 e. The number of nitrogens with one attached hydrogen (secondary N) is 2. The Labute approximate surface area is 169 Å². The van der Waals surface area contributed by atoms with Gasteiger partial charge in [0.2, 0.25) is 0 Å². The first-order valence-electron chi connectivity index (χ1n) is 9.33. The van der Waals surface area contributed by atoms with Gasteiger partial charge in [-0.05, 0) is 29.1 Å². The molecule has 0 amide bonds. The highest BCUT2D eigenvalue weighted by molar-refractivity contribution is 7.10. The Kier molecular flexibility index (Phi) is 7.64. The molecule has 0 aliphatic carbocycles. The summed E-state index contributed by atoms with van der Waals surface area (Å²) in [5.41, 5.74) is 0.823. The Bertz CT molecular complexity index is 764. The summed E-state index contributed by atoms with van der Waals surface area (Å²) in [5.74, 6) is 0.566. The summed E-state index contributed by atoms with van der Waals surface area (Å²) < 4.78 is 24.3. The minimum absolute atomic E-state index is 0.246. The molecule has 2 heterocycles. The van der Waals surface area contributed by atoms with Crippen molar-refractivity contribution in [3.05, 3.63) is 52.0 Å². The van der Waals surface area contributed by atoms with Crippen molar-refractivity contribution in [2.75, 3.05) is 47.0 Å². The number of hydrogen-bond acceptors (Lipinski definition) is 5. The number of nitrogens with zero attached hydrogens (tertiary/aromatic N) is 2. The van der Waals surface area contributed by atoms with E-state index >= 15 is 0 Å². The van der Waals surface area contributed by atoms with Crippen molar-refractivity contribution in [2.24, 2.45) is 4.99 Å². The van der Waals surface area contributed by atoms with Gasteiger partial charge in [-0.2, -0.15) is 0 Å². The Morgan fingerprint density at radius 1 is 1.32 bits per heavy atom. The molecule has 2 aromatic rings. The zero-order valence-corrected chi connectivity index (χ0v) is 17.1. The Morgan fingerprint density at radius 3 is 2.79 bits per heavy atom. The van der Waals surface area contributed by atoms with E-state index in [1.807, 2.05) is 6.07 Å². The molecule has 1 aromatic carbocycles. The van der Waals surface area contributed by atoms with E-state index < -0.39 is 0 Å². The van der Waals surface area contributed by atoms with Gasteiger partial charge in [0, 0.05) is 38.1 Å². The van der Waals surface area contributed by atoms with Crippen molar-refractivity contribution in [3.8, 4) is 5.75 Å². The number of morpholine rings is 1. The minimum atomic E-state index is -0.366. The third-order valence-electron chi connectivity index (χ3n) is 4.72. The van der Waals surface area contributed by atoms with Crippen molar-refractivity contribution < 1.29 is 13.9 Å². The van der Waals surface area contributed by atoms with Crippen LogP contribution in [0.2, 0.25) is 0 Å². The van der Waals surface area contributed by atoms with Crippen LogP contribution < -0.4 is 15.4 Å². The van der Waals surface area contributed by atoms with Gasteiger partial charge in [0.15, 0.2) is 17.5 Å². The fraction of sp³-hybridized carbons (Fsp3) is 0.450. The summed E-state index contributed by atoms with van der Waals surface area (Å²) in [5, 5.41) is 8.76. The zero-order valence-electron chi connectivity index (χ0n) is 16.3. The van der Waals surface area contributed by atoms with Gasteiger partial charge >= 0.3 is 0 Å². The third kappa shape index (κ3) is 5.43. The summed E-state index contributed by atoms with van der Waals surface area (Å²) in [6.45, 7) is 4.57. The predicted octanol–water partition coefficient (Wildman–Crippen LogP) is 2.63. The van der Waals surface area contributed by atoms with Crippen molar-refractivity contribution >= 4 is 17.3 Å². The van der Waals surface area contributed by atoms with Crippen molar-refractivity contribution in [1.82, 2.24) is 15.5 Å². The maximum absolute atomic E-state index is 13.9. The van der Waals surface area contributed by atoms with Crippen LogP contribution >= 0.6 is 11.3 Å². The van der Waals surface area contributed by atoms with E-state index in [2.05, 4.69) is 38.0 Å². The Morgan fingerprint density at radius 2 is 2.14 bits per heavy atom. The molecule has 28 heavy (non-hydrogen) atoms. The van der Waals surface area contributed by atoms with Crippen LogP contribution in [0.3, 0.4) is 0 Å². The number of rotatable bonds is 7. The fourth-order valence-corrected chi connectivity index (χ4v) is 4.06. The number of guanidine groups is 1. The monoisotopic (exact) mass is 406 g/mol. The SMILES string of the molecule is CN=C(NCc1ccc(OC)c(F)c1)NCC(c1cccs1)N1CCOCC1. The van der Waals surface area contributed by atoms with Crippen LogP contribution in [0.4, 0.5) is 4.39 Å². The molecule has 1 aliphatic heterocycles. The quantitative estimate of drug-likeness (QED) is 0.547. The lowest BCUT2D eigenvalue weighted by Crippen LogP contribution is -2.46. The number of aliphatic imine (C=N–C) groups is 1. The molecule has 0 bridgehead atoms. The standard InChI is InChI=1S/C20H27FN4O2S/c1-22-20(23-13-15-5-6-18(26-2)16(21)12-15)24-14-17(19-4-3-11-28-19)25-7-9-27-10-8-25/h3-6,11-12,17H,7-10,13-14H2,1-2H3,(H2,22,23,24). The second-order valence-corrected chi connectivity index (χ2v) is 7.43. The van der Waals surface area contributed by atoms with E-state index in [-0.39, 0.29) is 17.6 Å². The average molecular weight is 407 g/mol. The Hall–Kier alpha value is -2.16. The molecule has 8 heteroatoms. The van der Waals surface area contributed by atoms with Crippen molar-refractivity contribution in [2.45, 2.75) is 12.6 Å². The van der Waals surface area contributed by atoms with Crippen LogP contribution in [0.25, 0.3) is 0 Å². The molecule has 6 nitrogen and oxygen atoms in total. The number of ether oxygens (including phenoxy) is 2. The first kappa shape index (κ1) is 20.6. The van der Waals surface area contributed by atoms with Gasteiger partial charge in [-0.1, -0.05) is 12.1 Å². The molecule has 152 valence electrons. The second-order valence-electron chi connectivity index (χ2n) is 6.46. The maximum atomic E-state index is 13.9. The van der Waals surface area contributed by atoms with E-state index in [4.69, 9.17) is 9.47 Å². The topological polar surface area (TPSA) is 58.1 Å². The first-order valence-corrected chi connectivity index (χ1v) is 10.2. The van der Waals surface area contributed by atoms with Gasteiger partial charge in [-0.3, -0.25) is 9.89 Å². The molecule has 2 N–H and O–H groups in total. The van der Waals surface area contributed by atoms with Crippen LogP contribution in [-0.2, 0) is 11.3 Å². The van der Waals surface area contributed by atoms with Gasteiger partial charge in [-0.25, -0.2) is 4.39 Å². The molecule has 1 atom stereocenters. The van der Waals surface area contributed by atoms with Crippen LogP contribution in [0.1, 0.15) is 16.5 Å². The van der Waals surface area contributed by atoms with Gasteiger partial charge in [0.05, 0.1) is 26.4 Å². The highest BCUT2D eigenvalue weighted by Gasteiger charge is 2.23. The maximum Gasteiger partial charge on any atom is 0.191 e. The molecular formula is C20H27FN4O2S. The number of halogens is 1. The lowest BCUT2D eigenvalue weighted by atomic mass is 10.2. The molecule has 1 fully saturated rings. The molecule has 1 aliphatic rings. The van der Waals surface area contributed by atoms with E-state index in [1.54, 1.807) is 24.5 Å². The number of methoxy groups -OCH3 is 1. The highest BCUT2D eigenvalue weighted by Crippen LogP contribution is 2.25. The molecule has 1 aromatic heterocycles. The molecule has 3 rings (SSSR count). The normalized spacial score (nSPS) is 16.6. The molecular weight excluding hydrogens is 379 g/mol. The van der Waals surface area contributed by atoms with Crippen LogP contribution in [0, 0.1) is 5.82 Å².